The van der Waals surface area contributed by atoms with Crippen LogP contribution in [0.3, 0.4) is 0 Å². The van der Waals surface area contributed by atoms with Crippen LogP contribution in [0.2, 0.25) is 5.02 Å². The lowest BCUT2D eigenvalue weighted by Gasteiger charge is -2.12. The summed E-state index contributed by atoms with van der Waals surface area (Å²) in [7, 11) is 0. The maximum Gasteiger partial charge on any atom is 0.143 e. The highest BCUT2D eigenvalue weighted by atomic mass is 35.5. The fourth-order valence-electron chi connectivity index (χ4n) is 1.71. The molecule has 0 bridgehead atoms. The van der Waals surface area contributed by atoms with Crippen LogP contribution in [0, 0.1) is 0 Å². The first-order valence-electron chi connectivity index (χ1n) is 6.30. The van der Waals surface area contributed by atoms with Gasteiger partial charge >= 0.3 is 0 Å². The fourth-order valence-corrected chi connectivity index (χ4v) is 2.49. The molecule has 0 unspecified atom stereocenters. The molecule has 1 heterocycles. The maximum atomic E-state index is 6.21. The Bertz CT molecular complexity index is 502. The molecule has 5 heteroatoms. The van der Waals surface area contributed by atoms with Gasteiger partial charge in [0.25, 0.3) is 0 Å². The minimum atomic E-state index is 0.460. The van der Waals surface area contributed by atoms with Gasteiger partial charge in [-0.15, -0.1) is 11.3 Å². The van der Waals surface area contributed by atoms with Crippen LogP contribution >= 0.6 is 22.9 Å². The number of nitrogens with zero attached hydrogens (tertiary/aromatic N) is 1. The van der Waals surface area contributed by atoms with E-state index in [9.17, 15) is 0 Å². The summed E-state index contributed by atoms with van der Waals surface area (Å²) in [6, 6.07) is 5.83. The van der Waals surface area contributed by atoms with Gasteiger partial charge in [0.2, 0.25) is 0 Å². The highest BCUT2D eigenvalue weighted by Crippen LogP contribution is 2.29. The Morgan fingerprint density at radius 1 is 1.42 bits per heavy atom. The number of halogens is 1. The van der Waals surface area contributed by atoms with Gasteiger partial charge in [0, 0.05) is 23.7 Å². The van der Waals surface area contributed by atoms with Gasteiger partial charge in [-0.2, -0.15) is 0 Å². The normalized spacial score (nSPS) is 10.6. The number of thiazole rings is 1. The average molecular weight is 297 g/mol. The smallest absolute Gasteiger partial charge is 0.143 e. The molecule has 102 valence electrons. The van der Waals surface area contributed by atoms with Crippen LogP contribution in [0.25, 0.3) is 0 Å². The van der Waals surface area contributed by atoms with Gasteiger partial charge in [-0.3, -0.25) is 0 Å². The van der Waals surface area contributed by atoms with E-state index >= 15 is 0 Å². The number of hydrogen-bond acceptors (Lipinski definition) is 4. The van der Waals surface area contributed by atoms with Gasteiger partial charge in [0.15, 0.2) is 0 Å². The summed E-state index contributed by atoms with van der Waals surface area (Å²) in [5.74, 6) is 0.753. The van der Waals surface area contributed by atoms with Crippen LogP contribution < -0.4 is 10.1 Å². The molecule has 0 saturated heterocycles. The predicted molar refractivity (Wildman–Crippen MR) is 79.9 cm³/mol. The Morgan fingerprint density at radius 2 is 2.32 bits per heavy atom. The molecule has 2 rings (SSSR count). The second-order valence-electron chi connectivity index (χ2n) is 4.12. The molecule has 0 atom stereocenters. The van der Waals surface area contributed by atoms with Crippen molar-refractivity contribution in [2.75, 3.05) is 6.54 Å². The van der Waals surface area contributed by atoms with Crippen molar-refractivity contribution >= 4 is 22.9 Å². The van der Waals surface area contributed by atoms with E-state index in [0.29, 0.717) is 11.6 Å². The van der Waals surface area contributed by atoms with E-state index < -0.39 is 0 Å². The molecular weight excluding hydrogens is 280 g/mol. The molecule has 1 N–H and O–H groups in total. The van der Waals surface area contributed by atoms with Crippen molar-refractivity contribution in [3.8, 4) is 5.75 Å². The monoisotopic (exact) mass is 296 g/mol. The number of rotatable bonds is 7. The predicted octanol–water partition coefficient (Wildman–Crippen LogP) is 3.88. The maximum absolute atomic E-state index is 6.21. The topological polar surface area (TPSA) is 34.1 Å². The Hall–Kier alpha value is -1.10. The molecule has 1 aromatic carbocycles. The van der Waals surface area contributed by atoms with E-state index in [2.05, 4.69) is 17.2 Å². The lowest BCUT2D eigenvalue weighted by Crippen LogP contribution is -2.14. The van der Waals surface area contributed by atoms with Gasteiger partial charge in [0.1, 0.15) is 17.4 Å². The summed E-state index contributed by atoms with van der Waals surface area (Å²) in [6.45, 7) is 4.35. The number of nitrogens with one attached hydrogen (secondary N) is 1. The molecule has 0 saturated carbocycles. The van der Waals surface area contributed by atoms with Crippen LogP contribution in [-0.4, -0.2) is 11.5 Å². The zero-order chi connectivity index (χ0) is 13.5. The van der Waals surface area contributed by atoms with E-state index in [-0.39, 0.29) is 0 Å². The SMILES string of the molecule is CCCNCc1cccc(Cl)c1OCc1nccs1. The molecule has 19 heavy (non-hydrogen) atoms. The van der Waals surface area contributed by atoms with Crippen molar-refractivity contribution in [2.24, 2.45) is 0 Å². The number of ether oxygens (including phenoxy) is 1. The number of benzene rings is 1. The molecule has 0 spiro atoms. The third-order valence-corrected chi connectivity index (χ3v) is 3.66. The van der Waals surface area contributed by atoms with Crippen LogP contribution in [-0.2, 0) is 13.2 Å². The molecule has 0 aliphatic rings. The van der Waals surface area contributed by atoms with Crippen LogP contribution in [0.1, 0.15) is 23.9 Å². The summed E-state index contributed by atoms with van der Waals surface area (Å²) in [6.07, 6.45) is 2.88. The summed E-state index contributed by atoms with van der Waals surface area (Å²) in [4.78, 5) is 4.20. The van der Waals surface area contributed by atoms with E-state index in [1.807, 2.05) is 23.6 Å². The van der Waals surface area contributed by atoms with Crippen molar-refractivity contribution < 1.29 is 4.74 Å². The van der Waals surface area contributed by atoms with Crippen molar-refractivity contribution in [1.29, 1.82) is 0 Å². The summed E-state index contributed by atoms with van der Waals surface area (Å²) in [5, 5.41) is 6.90. The second kappa shape index (κ2) is 7.48. The minimum absolute atomic E-state index is 0.460. The molecular formula is C14H17ClN2OS. The molecule has 2 aromatic rings. The van der Waals surface area contributed by atoms with Gasteiger partial charge in [0.05, 0.1) is 5.02 Å². The second-order valence-corrected chi connectivity index (χ2v) is 5.51. The lowest BCUT2D eigenvalue weighted by molar-refractivity contribution is 0.301. The van der Waals surface area contributed by atoms with E-state index in [4.69, 9.17) is 16.3 Å². The third-order valence-electron chi connectivity index (χ3n) is 2.61. The average Bonchev–Trinajstić information content (AvgIpc) is 2.91. The first-order valence-corrected chi connectivity index (χ1v) is 7.56. The standard InChI is InChI=1S/C14H17ClN2OS/c1-2-6-16-9-11-4-3-5-12(15)14(11)18-10-13-17-7-8-19-13/h3-5,7-8,16H,2,6,9-10H2,1H3. The minimum Gasteiger partial charge on any atom is -0.485 e. The Kier molecular flexibility index (Phi) is 5.63. The zero-order valence-electron chi connectivity index (χ0n) is 10.9. The Labute approximate surface area is 122 Å². The molecule has 0 amide bonds. The number of para-hydroxylation sites is 1. The lowest BCUT2D eigenvalue weighted by atomic mass is 10.2. The van der Waals surface area contributed by atoms with E-state index in [1.165, 1.54) is 0 Å². The van der Waals surface area contributed by atoms with Gasteiger partial charge in [-0.1, -0.05) is 30.7 Å². The quantitative estimate of drug-likeness (QED) is 0.788. The van der Waals surface area contributed by atoms with Gasteiger partial charge in [-0.25, -0.2) is 4.98 Å². The Morgan fingerprint density at radius 3 is 3.05 bits per heavy atom. The summed E-state index contributed by atoms with van der Waals surface area (Å²) >= 11 is 7.79. The van der Waals surface area contributed by atoms with Gasteiger partial charge < -0.3 is 10.1 Å². The number of aromatic nitrogens is 1. The number of hydrogen-bond donors (Lipinski definition) is 1. The van der Waals surface area contributed by atoms with Crippen LogP contribution in [0.5, 0.6) is 5.75 Å². The molecule has 0 aliphatic heterocycles. The molecule has 1 aromatic heterocycles. The molecule has 0 radical (unpaired) electrons. The first-order chi connectivity index (χ1) is 9.31. The fraction of sp³-hybridized carbons (Fsp3) is 0.357. The van der Waals surface area contributed by atoms with Crippen molar-refractivity contribution in [3.63, 3.8) is 0 Å². The molecule has 0 fully saturated rings. The van der Waals surface area contributed by atoms with Crippen LogP contribution in [0.15, 0.2) is 29.8 Å². The van der Waals surface area contributed by atoms with Crippen LogP contribution in [0.4, 0.5) is 0 Å². The third kappa shape index (κ3) is 4.20. The van der Waals surface area contributed by atoms with E-state index in [0.717, 1.165) is 35.8 Å². The highest BCUT2D eigenvalue weighted by Gasteiger charge is 2.09. The van der Waals surface area contributed by atoms with Gasteiger partial charge in [-0.05, 0) is 19.0 Å². The van der Waals surface area contributed by atoms with Crippen molar-refractivity contribution in [1.82, 2.24) is 10.3 Å². The molecule has 0 aliphatic carbocycles. The zero-order valence-corrected chi connectivity index (χ0v) is 12.4. The van der Waals surface area contributed by atoms with Crippen molar-refractivity contribution in [2.45, 2.75) is 26.5 Å². The highest BCUT2D eigenvalue weighted by molar-refractivity contribution is 7.09. The first kappa shape index (κ1) is 14.3. The van der Waals surface area contributed by atoms with Crippen molar-refractivity contribution in [3.05, 3.63) is 45.4 Å². The summed E-state index contributed by atoms with van der Waals surface area (Å²) in [5.41, 5.74) is 1.08. The largest absolute Gasteiger partial charge is 0.485 e. The van der Waals surface area contributed by atoms with E-state index in [1.54, 1.807) is 17.5 Å². The Balaban J connectivity index is 2.04. The summed E-state index contributed by atoms with van der Waals surface area (Å²) < 4.78 is 5.82. The molecule has 3 nitrogen and oxygen atoms in total.